The predicted molar refractivity (Wildman–Crippen MR) is 122 cm³/mol. The molecule has 1 aliphatic carbocycles. The Morgan fingerprint density at radius 3 is 2.40 bits per heavy atom. The number of aromatic hydroxyl groups is 1. The molecule has 0 saturated heterocycles. The van der Waals surface area contributed by atoms with Gasteiger partial charge in [0.15, 0.2) is 0 Å². The predicted octanol–water partition coefficient (Wildman–Crippen LogP) is 7.00. The van der Waals surface area contributed by atoms with E-state index in [9.17, 15) is 15.0 Å². The van der Waals surface area contributed by atoms with Crippen LogP contribution in [-0.4, -0.2) is 16.2 Å². The summed E-state index contributed by atoms with van der Waals surface area (Å²) in [4.78, 5) is 11.5. The molecule has 152 valence electrons. The van der Waals surface area contributed by atoms with Crippen LogP contribution in [0, 0.1) is 6.92 Å². The highest BCUT2D eigenvalue weighted by Crippen LogP contribution is 2.43. The molecule has 1 aliphatic rings. The number of aromatic carboxylic acids is 1. The van der Waals surface area contributed by atoms with E-state index in [2.05, 4.69) is 0 Å². The number of phenols is 1. The number of allylic oxidation sites excluding steroid dienone is 1. The maximum absolute atomic E-state index is 11.5. The van der Waals surface area contributed by atoms with E-state index in [4.69, 9.17) is 23.2 Å². The summed E-state index contributed by atoms with van der Waals surface area (Å²) in [6.45, 7) is 2.00. The molecular formula is C25H20Cl2O3. The molecule has 0 amide bonds. The van der Waals surface area contributed by atoms with E-state index in [1.54, 1.807) is 30.3 Å². The number of carboxylic acids is 1. The van der Waals surface area contributed by atoms with Crippen LogP contribution in [0.25, 0.3) is 11.1 Å². The molecule has 30 heavy (non-hydrogen) atoms. The van der Waals surface area contributed by atoms with Gasteiger partial charge in [0.05, 0.1) is 5.56 Å². The van der Waals surface area contributed by atoms with Crippen molar-refractivity contribution >= 4 is 40.3 Å². The SMILES string of the molecule is Cc1ccc(O)cc1C1=C(c2ccc(Cl)cc2Cl)CCCc2cc(C(=O)O)ccc21. The fourth-order valence-corrected chi connectivity index (χ4v) is 4.63. The Labute approximate surface area is 185 Å². The Morgan fingerprint density at radius 1 is 0.900 bits per heavy atom. The molecule has 0 radical (unpaired) electrons. The summed E-state index contributed by atoms with van der Waals surface area (Å²) < 4.78 is 0. The summed E-state index contributed by atoms with van der Waals surface area (Å²) in [5.74, 6) is -0.764. The topological polar surface area (TPSA) is 57.5 Å². The number of halogens is 2. The number of phenolic OH excluding ortho intramolecular Hbond substituents is 1. The summed E-state index contributed by atoms with van der Waals surface area (Å²) >= 11 is 12.7. The molecule has 0 spiro atoms. The Hall–Kier alpha value is -2.75. The van der Waals surface area contributed by atoms with Gasteiger partial charge in [-0.05, 0) is 102 Å². The number of benzene rings is 3. The van der Waals surface area contributed by atoms with Gasteiger partial charge < -0.3 is 10.2 Å². The molecule has 2 N–H and O–H groups in total. The first-order valence-electron chi connectivity index (χ1n) is 9.70. The van der Waals surface area contributed by atoms with Gasteiger partial charge in [0, 0.05) is 10.0 Å². The Bertz CT molecular complexity index is 1190. The van der Waals surface area contributed by atoms with Gasteiger partial charge in [0.1, 0.15) is 5.75 Å². The fourth-order valence-electron chi connectivity index (χ4n) is 4.11. The highest BCUT2D eigenvalue weighted by Gasteiger charge is 2.23. The molecule has 3 nitrogen and oxygen atoms in total. The monoisotopic (exact) mass is 438 g/mol. The van der Waals surface area contributed by atoms with E-state index in [0.29, 0.717) is 10.0 Å². The van der Waals surface area contributed by atoms with E-state index >= 15 is 0 Å². The summed E-state index contributed by atoms with van der Waals surface area (Å²) in [5, 5.41) is 20.8. The van der Waals surface area contributed by atoms with E-state index in [1.807, 2.05) is 31.2 Å². The van der Waals surface area contributed by atoms with Crippen molar-refractivity contribution in [1.29, 1.82) is 0 Å². The van der Waals surface area contributed by atoms with Crippen LogP contribution in [0.5, 0.6) is 5.75 Å². The molecule has 0 atom stereocenters. The Morgan fingerprint density at radius 2 is 1.67 bits per heavy atom. The molecule has 0 aromatic heterocycles. The molecule has 5 heteroatoms. The van der Waals surface area contributed by atoms with Gasteiger partial charge in [-0.25, -0.2) is 4.79 Å². The molecular weight excluding hydrogens is 419 g/mol. The van der Waals surface area contributed by atoms with Crippen molar-refractivity contribution in [3.63, 3.8) is 0 Å². The molecule has 0 heterocycles. The lowest BCUT2D eigenvalue weighted by atomic mass is 9.85. The Balaban J connectivity index is 2.07. The minimum atomic E-state index is -0.943. The molecule has 0 saturated carbocycles. The van der Waals surface area contributed by atoms with Gasteiger partial charge >= 0.3 is 5.97 Å². The van der Waals surface area contributed by atoms with E-state index < -0.39 is 5.97 Å². The standard InChI is InChI=1S/C25H20Cl2O3/c1-14-5-8-18(28)13-22(14)24-19-9-6-16(25(29)30)11-15(19)3-2-4-21(24)20-10-7-17(26)12-23(20)27/h5-13,28H,2-4H2,1H3,(H,29,30). The van der Waals surface area contributed by atoms with Crippen LogP contribution in [0.3, 0.4) is 0 Å². The van der Waals surface area contributed by atoms with Crippen molar-refractivity contribution in [3.05, 3.63) is 98.0 Å². The van der Waals surface area contributed by atoms with E-state index in [1.165, 1.54) is 0 Å². The van der Waals surface area contributed by atoms with Crippen molar-refractivity contribution in [3.8, 4) is 5.75 Å². The van der Waals surface area contributed by atoms with Crippen LogP contribution >= 0.6 is 23.2 Å². The zero-order chi connectivity index (χ0) is 21.4. The first-order chi connectivity index (χ1) is 14.3. The zero-order valence-corrected chi connectivity index (χ0v) is 17.9. The summed E-state index contributed by atoms with van der Waals surface area (Å²) in [6, 6.07) is 16.0. The molecule has 0 aliphatic heterocycles. The minimum Gasteiger partial charge on any atom is -0.508 e. The maximum Gasteiger partial charge on any atom is 0.335 e. The smallest absolute Gasteiger partial charge is 0.335 e. The number of carbonyl (C=O) groups is 1. The Kier molecular flexibility index (Phi) is 5.59. The normalized spacial score (nSPS) is 13.7. The van der Waals surface area contributed by atoms with Crippen LogP contribution < -0.4 is 0 Å². The second-order valence-electron chi connectivity index (χ2n) is 7.51. The van der Waals surface area contributed by atoms with Crippen molar-refractivity contribution in [2.75, 3.05) is 0 Å². The number of fused-ring (bicyclic) bond motifs is 1. The van der Waals surface area contributed by atoms with E-state index in [0.717, 1.165) is 58.2 Å². The lowest BCUT2D eigenvalue weighted by Gasteiger charge is -2.19. The highest BCUT2D eigenvalue weighted by molar-refractivity contribution is 6.36. The van der Waals surface area contributed by atoms with Crippen LogP contribution in [0.1, 0.15) is 51.0 Å². The van der Waals surface area contributed by atoms with Gasteiger partial charge in [-0.3, -0.25) is 0 Å². The second kappa shape index (κ2) is 8.17. The molecule has 0 fully saturated rings. The van der Waals surface area contributed by atoms with Crippen molar-refractivity contribution in [1.82, 2.24) is 0 Å². The molecule has 0 unspecified atom stereocenters. The van der Waals surface area contributed by atoms with Crippen molar-refractivity contribution in [2.24, 2.45) is 0 Å². The lowest BCUT2D eigenvalue weighted by molar-refractivity contribution is 0.0696. The molecule has 4 rings (SSSR count). The van der Waals surface area contributed by atoms with E-state index in [-0.39, 0.29) is 11.3 Å². The third-order valence-electron chi connectivity index (χ3n) is 5.54. The number of carboxylic acid groups (broad SMARTS) is 1. The van der Waals surface area contributed by atoms with Gasteiger partial charge in [-0.15, -0.1) is 0 Å². The van der Waals surface area contributed by atoms with Crippen LogP contribution in [0.2, 0.25) is 10.0 Å². The second-order valence-corrected chi connectivity index (χ2v) is 8.35. The quantitative estimate of drug-likeness (QED) is 0.462. The average molecular weight is 439 g/mol. The van der Waals surface area contributed by atoms with Gasteiger partial charge in [-0.2, -0.15) is 0 Å². The van der Waals surface area contributed by atoms with Crippen molar-refractivity contribution in [2.45, 2.75) is 26.2 Å². The van der Waals surface area contributed by atoms with Gasteiger partial charge in [0.25, 0.3) is 0 Å². The number of hydrogen-bond acceptors (Lipinski definition) is 2. The molecule has 3 aromatic rings. The third kappa shape index (κ3) is 3.83. The summed E-state index contributed by atoms with van der Waals surface area (Å²) in [7, 11) is 0. The highest BCUT2D eigenvalue weighted by atomic mass is 35.5. The lowest BCUT2D eigenvalue weighted by Crippen LogP contribution is -2.02. The molecule has 0 bridgehead atoms. The molecule has 3 aromatic carbocycles. The van der Waals surface area contributed by atoms with Crippen LogP contribution in [0.15, 0.2) is 54.6 Å². The summed E-state index contributed by atoms with van der Waals surface area (Å²) in [5.41, 5.74) is 7.06. The first-order valence-corrected chi connectivity index (χ1v) is 10.5. The largest absolute Gasteiger partial charge is 0.508 e. The number of aryl methyl sites for hydroxylation is 2. The van der Waals surface area contributed by atoms with Crippen LogP contribution in [-0.2, 0) is 6.42 Å². The summed E-state index contributed by atoms with van der Waals surface area (Å²) in [6.07, 6.45) is 2.38. The maximum atomic E-state index is 11.5. The van der Waals surface area contributed by atoms with Crippen LogP contribution in [0.4, 0.5) is 0 Å². The minimum absolute atomic E-state index is 0.178. The van der Waals surface area contributed by atoms with Gasteiger partial charge in [0.2, 0.25) is 0 Å². The fraction of sp³-hybridized carbons (Fsp3) is 0.160. The first kappa shape index (κ1) is 20.5. The average Bonchev–Trinajstić information content (AvgIpc) is 2.88. The van der Waals surface area contributed by atoms with Gasteiger partial charge in [-0.1, -0.05) is 41.4 Å². The van der Waals surface area contributed by atoms with Crippen molar-refractivity contribution < 1.29 is 15.0 Å². The zero-order valence-electron chi connectivity index (χ0n) is 16.4. The number of hydrogen-bond donors (Lipinski definition) is 2. The number of rotatable bonds is 3. The third-order valence-corrected chi connectivity index (χ3v) is 6.09.